The summed E-state index contributed by atoms with van der Waals surface area (Å²) in [6.07, 6.45) is 1.73. The predicted octanol–water partition coefficient (Wildman–Crippen LogP) is 2.58. The van der Waals surface area contributed by atoms with Crippen LogP contribution in [0.15, 0.2) is 30.5 Å². The number of hydrogen-bond donors (Lipinski definition) is 0. The van der Waals surface area contributed by atoms with Crippen LogP contribution in [-0.4, -0.2) is 66.1 Å². The zero-order valence-corrected chi connectivity index (χ0v) is 17.2. The summed E-state index contributed by atoms with van der Waals surface area (Å²) in [5.74, 6) is 0.0651. The number of aromatic nitrogens is 2. The molecule has 30 heavy (non-hydrogen) atoms. The Morgan fingerprint density at radius 3 is 2.50 bits per heavy atom. The van der Waals surface area contributed by atoms with Crippen LogP contribution in [0.1, 0.15) is 10.4 Å². The maximum absolute atomic E-state index is 13.1. The van der Waals surface area contributed by atoms with E-state index in [-0.39, 0.29) is 22.7 Å². The third-order valence-electron chi connectivity index (χ3n) is 4.92. The third kappa shape index (κ3) is 3.59. The Balaban J connectivity index is 1.53. The lowest BCUT2D eigenvalue weighted by molar-refractivity contribution is -0.385. The smallest absolute Gasteiger partial charge is 0.286 e. The van der Waals surface area contributed by atoms with Gasteiger partial charge in [-0.3, -0.25) is 14.9 Å². The van der Waals surface area contributed by atoms with Crippen LogP contribution < -0.4 is 14.4 Å². The van der Waals surface area contributed by atoms with Crippen LogP contribution in [0.25, 0.3) is 10.3 Å². The number of nitro groups is 1. The SMILES string of the molecule is COc1cc(C(=O)N2CCN(c3nc4cccnc4s3)CC2)c([N+](=O)[O-])cc1OC. The summed E-state index contributed by atoms with van der Waals surface area (Å²) in [4.78, 5) is 37.5. The van der Waals surface area contributed by atoms with Crippen molar-refractivity contribution >= 4 is 38.4 Å². The van der Waals surface area contributed by atoms with Crippen molar-refractivity contribution in [2.75, 3.05) is 45.3 Å². The van der Waals surface area contributed by atoms with Gasteiger partial charge in [0.15, 0.2) is 16.6 Å². The Morgan fingerprint density at radius 2 is 1.87 bits per heavy atom. The molecule has 1 fully saturated rings. The van der Waals surface area contributed by atoms with Gasteiger partial charge in [-0.15, -0.1) is 0 Å². The second-order valence-electron chi connectivity index (χ2n) is 6.58. The summed E-state index contributed by atoms with van der Waals surface area (Å²) in [5, 5.41) is 12.4. The van der Waals surface area contributed by atoms with E-state index in [0.29, 0.717) is 26.2 Å². The number of benzene rings is 1. The Morgan fingerprint density at radius 1 is 1.17 bits per heavy atom. The quantitative estimate of drug-likeness (QED) is 0.449. The molecular formula is C19H19N5O5S. The zero-order valence-electron chi connectivity index (χ0n) is 16.4. The molecule has 0 radical (unpaired) electrons. The minimum atomic E-state index is -0.584. The fourth-order valence-corrected chi connectivity index (χ4v) is 4.32. The molecule has 11 heteroatoms. The van der Waals surface area contributed by atoms with E-state index in [4.69, 9.17) is 9.47 Å². The van der Waals surface area contributed by atoms with Crippen molar-refractivity contribution < 1.29 is 19.2 Å². The average molecular weight is 429 g/mol. The lowest BCUT2D eigenvalue weighted by Crippen LogP contribution is -2.48. The molecule has 4 rings (SSSR count). The average Bonchev–Trinajstić information content (AvgIpc) is 3.22. The molecule has 3 heterocycles. The largest absolute Gasteiger partial charge is 0.493 e. The minimum Gasteiger partial charge on any atom is -0.493 e. The van der Waals surface area contributed by atoms with Crippen LogP contribution in [0.5, 0.6) is 11.5 Å². The lowest BCUT2D eigenvalue weighted by atomic mass is 10.1. The van der Waals surface area contributed by atoms with Crippen molar-refractivity contribution in [3.63, 3.8) is 0 Å². The molecule has 1 amide bonds. The molecule has 0 bridgehead atoms. The first-order valence-electron chi connectivity index (χ1n) is 9.18. The van der Waals surface area contributed by atoms with Gasteiger partial charge in [0, 0.05) is 38.4 Å². The molecular weight excluding hydrogens is 410 g/mol. The number of methoxy groups -OCH3 is 2. The van der Waals surface area contributed by atoms with Gasteiger partial charge in [-0.05, 0) is 12.1 Å². The summed E-state index contributed by atoms with van der Waals surface area (Å²) in [6.45, 7) is 2.00. The molecule has 156 valence electrons. The molecule has 1 aromatic carbocycles. The highest BCUT2D eigenvalue weighted by atomic mass is 32.1. The highest BCUT2D eigenvalue weighted by Crippen LogP contribution is 2.35. The number of thiazole rings is 1. The van der Waals surface area contributed by atoms with Crippen molar-refractivity contribution in [2.24, 2.45) is 0 Å². The summed E-state index contributed by atoms with van der Waals surface area (Å²) in [5.41, 5.74) is 0.518. The van der Waals surface area contributed by atoms with E-state index in [1.165, 1.54) is 37.7 Å². The van der Waals surface area contributed by atoms with Crippen molar-refractivity contribution in [3.05, 3.63) is 46.1 Å². The zero-order chi connectivity index (χ0) is 21.3. The number of rotatable bonds is 5. The first-order valence-corrected chi connectivity index (χ1v) is 9.99. The van der Waals surface area contributed by atoms with Crippen molar-refractivity contribution in [1.29, 1.82) is 0 Å². The first-order chi connectivity index (χ1) is 14.5. The Bertz CT molecular complexity index is 1080. The van der Waals surface area contributed by atoms with Crippen LogP contribution in [0.2, 0.25) is 0 Å². The first kappa shape index (κ1) is 19.8. The molecule has 3 aromatic rings. The molecule has 1 saturated heterocycles. The maximum atomic E-state index is 13.1. The monoisotopic (exact) mass is 429 g/mol. The van der Waals surface area contributed by atoms with E-state index in [2.05, 4.69) is 14.9 Å². The molecule has 2 aromatic heterocycles. The fourth-order valence-electron chi connectivity index (χ4n) is 3.36. The van der Waals surface area contributed by atoms with Crippen LogP contribution >= 0.6 is 11.3 Å². The number of nitrogens with zero attached hydrogens (tertiary/aromatic N) is 5. The minimum absolute atomic E-state index is 0.0183. The maximum Gasteiger partial charge on any atom is 0.286 e. The number of fused-ring (bicyclic) bond motifs is 1. The Hall–Kier alpha value is -3.47. The number of ether oxygens (including phenoxy) is 2. The van der Waals surface area contributed by atoms with Crippen LogP contribution in [0.4, 0.5) is 10.8 Å². The van der Waals surface area contributed by atoms with Gasteiger partial charge < -0.3 is 19.3 Å². The van der Waals surface area contributed by atoms with Gasteiger partial charge in [-0.1, -0.05) is 11.3 Å². The summed E-state index contributed by atoms with van der Waals surface area (Å²) in [6, 6.07) is 6.35. The van der Waals surface area contributed by atoms with Gasteiger partial charge in [0.25, 0.3) is 11.6 Å². The van der Waals surface area contributed by atoms with Crippen LogP contribution in [0, 0.1) is 10.1 Å². The summed E-state index contributed by atoms with van der Waals surface area (Å²) >= 11 is 1.51. The number of piperazine rings is 1. The molecule has 1 aliphatic heterocycles. The number of anilines is 1. The van der Waals surface area contributed by atoms with E-state index in [0.717, 1.165) is 15.5 Å². The highest BCUT2D eigenvalue weighted by Gasteiger charge is 2.30. The molecule has 10 nitrogen and oxygen atoms in total. The third-order valence-corrected chi connectivity index (χ3v) is 5.96. The predicted molar refractivity (Wildman–Crippen MR) is 112 cm³/mol. The van der Waals surface area contributed by atoms with Gasteiger partial charge in [-0.25, -0.2) is 9.97 Å². The number of carbonyl (C=O) groups excluding carboxylic acids is 1. The fraction of sp³-hybridized carbons (Fsp3) is 0.316. The number of amides is 1. The Kier molecular flexibility index (Phi) is 5.36. The number of hydrogen-bond acceptors (Lipinski definition) is 9. The van der Waals surface area contributed by atoms with Crippen LogP contribution in [0.3, 0.4) is 0 Å². The van der Waals surface area contributed by atoms with E-state index < -0.39 is 10.8 Å². The van der Waals surface area contributed by atoms with Gasteiger partial charge in [0.2, 0.25) is 0 Å². The summed E-state index contributed by atoms with van der Waals surface area (Å²) < 4.78 is 10.3. The van der Waals surface area contributed by atoms with Crippen molar-refractivity contribution in [2.45, 2.75) is 0 Å². The van der Waals surface area contributed by atoms with Gasteiger partial charge in [0.05, 0.1) is 25.2 Å². The van der Waals surface area contributed by atoms with E-state index in [1.807, 2.05) is 12.1 Å². The molecule has 1 aliphatic rings. The number of pyridine rings is 1. The Labute approximate surface area is 175 Å². The molecule has 0 atom stereocenters. The van der Waals surface area contributed by atoms with E-state index in [9.17, 15) is 14.9 Å². The molecule has 0 spiro atoms. The van der Waals surface area contributed by atoms with Gasteiger partial charge in [-0.2, -0.15) is 0 Å². The van der Waals surface area contributed by atoms with Crippen molar-refractivity contribution in [3.8, 4) is 11.5 Å². The molecule has 0 saturated carbocycles. The second-order valence-corrected chi connectivity index (χ2v) is 7.54. The van der Waals surface area contributed by atoms with Crippen molar-refractivity contribution in [1.82, 2.24) is 14.9 Å². The lowest BCUT2D eigenvalue weighted by Gasteiger charge is -2.34. The summed E-state index contributed by atoms with van der Waals surface area (Å²) in [7, 11) is 2.81. The topological polar surface area (TPSA) is 111 Å². The standard InChI is InChI=1S/C19H19N5O5S/c1-28-15-10-12(14(24(26)27)11-16(15)29-2)18(25)22-6-8-23(9-7-22)19-21-13-4-3-5-20-17(13)30-19/h3-5,10-11H,6-9H2,1-2H3. The number of nitro benzene ring substituents is 1. The molecule has 0 unspecified atom stereocenters. The van der Waals surface area contributed by atoms with E-state index >= 15 is 0 Å². The van der Waals surface area contributed by atoms with E-state index in [1.54, 1.807) is 11.1 Å². The molecule has 0 aliphatic carbocycles. The number of carbonyl (C=O) groups is 1. The normalized spacial score (nSPS) is 14.1. The highest BCUT2D eigenvalue weighted by molar-refractivity contribution is 7.21. The molecule has 0 N–H and O–H groups in total. The van der Waals surface area contributed by atoms with Gasteiger partial charge in [0.1, 0.15) is 15.9 Å². The van der Waals surface area contributed by atoms with Gasteiger partial charge >= 0.3 is 0 Å². The second kappa shape index (κ2) is 8.11. The van der Waals surface area contributed by atoms with Crippen LogP contribution in [-0.2, 0) is 0 Å².